The number of benzene rings is 2. The van der Waals surface area contributed by atoms with Gasteiger partial charge in [0.05, 0.1) is 35.0 Å². The van der Waals surface area contributed by atoms with E-state index in [-0.39, 0.29) is 29.2 Å². The number of carbonyl (C=O) groups excluding carboxylic acids is 1. The summed E-state index contributed by atoms with van der Waals surface area (Å²) in [5, 5.41) is 15.5. The molecule has 0 bridgehead atoms. The number of fused-ring (bicyclic) bond motifs is 2. The van der Waals surface area contributed by atoms with Crippen molar-refractivity contribution in [3.8, 4) is 5.88 Å². The molecule has 1 aliphatic carbocycles. The molecule has 4 aliphatic heterocycles. The highest BCUT2D eigenvalue weighted by molar-refractivity contribution is 7.90. The maximum atomic E-state index is 14.3. The van der Waals surface area contributed by atoms with Crippen LogP contribution in [0.4, 0.5) is 28.4 Å². The lowest BCUT2D eigenvalue weighted by atomic mass is 9.59. The Hall–Kier alpha value is -5.82. The Morgan fingerprint density at radius 3 is 2.55 bits per heavy atom. The van der Waals surface area contributed by atoms with Crippen molar-refractivity contribution in [3.05, 3.63) is 99.9 Å². The number of piperazine rings is 1. The van der Waals surface area contributed by atoms with Gasteiger partial charge in [0.15, 0.2) is 5.03 Å². The lowest BCUT2D eigenvalue weighted by molar-refractivity contribution is -0.384. The summed E-state index contributed by atoms with van der Waals surface area (Å²) in [5.74, 6) is 0.211. The van der Waals surface area contributed by atoms with E-state index in [1.807, 2.05) is 29.2 Å². The number of nitrogens with zero attached hydrogens (tertiary/aromatic N) is 7. The second kappa shape index (κ2) is 18.3. The van der Waals surface area contributed by atoms with Crippen molar-refractivity contribution >= 4 is 55.4 Å². The van der Waals surface area contributed by atoms with Gasteiger partial charge in [-0.15, -0.1) is 0 Å². The second-order valence-electron chi connectivity index (χ2n) is 19.4. The van der Waals surface area contributed by atoms with E-state index in [1.54, 1.807) is 12.3 Å². The van der Waals surface area contributed by atoms with Crippen LogP contribution in [0.15, 0.2) is 78.1 Å². The number of hydrogen-bond donors (Lipinski definition) is 3. The number of piperidine rings is 1. The fraction of sp³-hybridized carbons (Fsp3) is 0.490. The zero-order valence-electron chi connectivity index (χ0n) is 38.4. The maximum absolute atomic E-state index is 14.3. The monoisotopic (exact) mass is 932 g/mol. The topological polar surface area (TPSA) is 191 Å². The van der Waals surface area contributed by atoms with Crippen LogP contribution in [-0.4, -0.2) is 123 Å². The molecule has 4 fully saturated rings. The third-order valence-corrected chi connectivity index (χ3v) is 16.1. The van der Waals surface area contributed by atoms with Gasteiger partial charge in [0.25, 0.3) is 21.6 Å². The number of rotatable bonds is 12. The first-order valence-electron chi connectivity index (χ1n) is 23.7. The first kappa shape index (κ1) is 45.0. The van der Waals surface area contributed by atoms with Crippen LogP contribution in [-0.2, 0) is 14.8 Å². The molecule has 7 heterocycles. The number of carbonyl (C=O) groups is 1. The molecule has 354 valence electrons. The van der Waals surface area contributed by atoms with Crippen molar-refractivity contribution in [2.75, 3.05) is 87.8 Å². The smallest absolute Gasteiger partial charge is 0.296 e. The van der Waals surface area contributed by atoms with E-state index in [0.29, 0.717) is 67.2 Å². The van der Waals surface area contributed by atoms with E-state index in [9.17, 15) is 23.3 Å². The van der Waals surface area contributed by atoms with Gasteiger partial charge in [0.2, 0.25) is 5.88 Å². The van der Waals surface area contributed by atoms with Crippen molar-refractivity contribution in [2.45, 2.75) is 75.4 Å². The Morgan fingerprint density at radius 2 is 1.78 bits per heavy atom. The molecule has 1 spiro atoms. The van der Waals surface area contributed by atoms with Gasteiger partial charge in [-0.2, -0.15) is 13.4 Å². The minimum atomic E-state index is -4.66. The number of nitrogens with one attached hydrogen (secondary N) is 3. The Morgan fingerprint density at radius 1 is 0.985 bits per heavy atom. The molecule has 10 rings (SSSR count). The number of pyridine rings is 2. The van der Waals surface area contributed by atoms with Crippen LogP contribution in [0.2, 0.25) is 0 Å². The molecule has 3 aromatic heterocycles. The molecule has 1 amide bonds. The number of aromatic amines is 1. The summed E-state index contributed by atoms with van der Waals surface area (Å²) >= 11 is 0. The summed E-state index contributed by atoms with van der Waals surface area (Å²) in [4.78, 5) is 47.4. The average Bonchev–Trinajstić information content (AvgIpc) is 3.79. The third kappa shape index (κ3) is 9.03. The van der Waals surface area contributed by atoms with E-state index >= 15 is 0 Å². The number of H-pyrrole nitrogens is 1. The van der Waals surface area contributed by atoms with Crippen LogP contribution in [0.25, 0.3) is 11.0 Å². The normalized spacial score (nSPS) is 20.7. The molecule has 17 nitrogen and oxygen atoms in total. The van der Waals surface area contributed by atoms with Crippen LogP contribution in [0.5, 0.6) is 5.88 Å². The lowest BCUT2D eigenvalue weighted by Crippen LogP contribution is -2.59. The van der Waals surface area contributed by atoms with E-state index in [4.69, 9.17) is 14.5 Å². The van der Waals surface area contributed by atoms with Crippen LogP contribution < -0.4 is 24.6 Å². The summed E-state index contributed by atoms with van der Waals surface area (Å²) in [5.41, 5.74) is 5.66. The molecular formula is C49H60N10O7S. The summed E-state index contributed by atoms with van der Waals surface area (Å²) in [7, 11) is -2.42. The Bertz CT molecular complexity index is 2760. The Kier molecular flexibility index (Phi) is 12.3. The Labute approximate surface area is 391 Å². The lowest BCUT2D eigenvalue weighted by Gasteiger charge is -2.58. The molecule has 3 saturated heterocycles. The molecule has 5 aromatic rings. The number of likely N-dealkylation sites (N-methyl/N-ethyl adjacent to an activating group) is 1. The van der Waals surface area contributed by atoms with E-state index in [1.165, 1.54) is 24.0 Å². The Balaban J connectivity index is 0.887. The highest BCUT2D eigenvalue weighted by Crippen LogP contribution is 2.53. The number of ether oxygens (including phenoxy) is 2. The van der Waals surface area contributed by atoms with Gasteiger partial charge in [0, 0.05) is 81.8 Å². The van der Waals surface area contributed by atoms with E-state index < -0.39 is 31.6 Å². The SMILES string of the molecule is CC(C)c1ccccc1[C@@H]1CN(C)CCN1C1CC2(CCN(c3ccc(C(=O)NS(=O)(=O)c4cc([N+](=O)[O-])c(NCC5CCOCC5)cn4)c(N4CCOc5nc6[nH]ccc6cc54)c3)CC2)C1. The quantitative estimate of drug-likeness (QED) is 0.0840. The largest absolute Gasteiger partial charge is 0.474 e. The minimum Gasteiger partial charge on any atom is -0.474 e. The van der Waals surface area contributed by atoms with Gasteiger partial charge in [-0.05, 0) is 104 Å². The van der Waals surface area contributed by atoms with Crippen LogP contribution in [0.3, 0.4) is 0 Å². The van der Waals surface area contributed by atoms with Crippen LogP contribution in [0.1, 0.15) is 85.8 Å². The molecule has 1 atom stereocenters. The summed E-state index contributed by atoms with van der Waals surface area (Å²) in [6.07, 6.45) is 9.03. The fourth-order valence-corrected chi connectivity index (χ4v) is 12.0. The zero-order chi connectivity index (χ0) is 46.5. The summed E-state index contributed by atoms with van der Waals surface area (Å²) in [6.45, 7) is 11.8. The molecule has 3 N–H and O–H groups in total. The number of hydrogen-bond acceptors (Lipinski definition) is 14. The van der Waals surface area contributed by atoms with Crippen molar-refractivity contribution in [1.82, 2.24) is 29.5 Å². The third-order valence-electron chi connectivity index (χ3n) is 14.9. The molecule has 18 heteroatoms. The molecule has 0 radical (unpaired) electrons. The van der Waals surface area contributed by atoms with Gasteiger partial charge >= 0.3 is 0 Å². The second-order valence-corrected chi connectivity index (χ2v) is 21.1. The predicted molar refractivity (Wildman–Crippen MR) is 257 cm³/mol. The van der Waals surface area contributed by atoms with Gasteiger partial charge < -0.3 is 34.5 Å². The first-order chi connectivity index (χ1) is 32.3. The molecule has 5 aliphatic rings. The molecule has 1 saturated carbocycles. The number of sulfonamides is 1. The maximum Gasteiger partial charge on any atom is 0.296 e. The average molecular weight is 933 g/mol. The van der Waals surface area contributed by atoms with E-state index in [2.05, 4.69) is 79.9 Å². The summed E-state index contributed by atoms with van der Waals surface area (Å²) < 4.78 is 41.4. The van der Waals surface area contributed by atoms with Gasteiger partial charge in [0.1, 0.15) is 23.6 Å². The molecular weight excluding hydrogens is 873 g/mol. The highest BCUT2D eigenvalue weighted by atomic mass is 32.2. The summed E-state index contributed by atoms with van der Waals surface area (Å²) in [6, 6.07) is 20.2. The number of aromatic nitrogens is 3. The fourth-order valence-electron chi connectivity index (χ4n) is 11.1. The van der Waals surface area contributed by atoms with Crippen LogP contribution >= 0.6 is 0 Å². The van der Waals surface area contributed by atoms with Gasteiger partial charge in [-0.25, -0.2) is 9.71 Å². The highest BCUT2D eigenvalue weighted by Gasteiger charge is 2.50. The zero-order valence-corrected chi connectivity index (χ0v) is 39.3. The van der Waals surface area contributed by atoms with Crippen molar-refractivity contribution < 1.29 is 27.6 Å². The predicted octanol–water partition coefficient (Wildman–Crippen LogP) is 7.21. The van der Waals surface area contributed by atoms with E-state index in [0.717, 1.165) is 81.7 Å². The number of amides is 1. The molecule has 0 unspecified atom stereocenters. The van der Waals surface area contributed by atoms with Gasteiger partial charge in [-0.3, -0.25) is 19.8 Å². The first-order valence-corrected chi connectivity index (χ1v) is 25.2. The van der Waals surface area contributed by atoms with Crippen molar-refractivity contribution in [3.63, 3.8) is 0 Å². The van der Waals surface area contributed by atoms with Crippen molar-refractivity contribution in [2.24, 2.45) is 11.3 Å². The molecule has 67 heavy (non-hydrogen) atoms. The molecule has 2 aromatic carbocycles. The van der Waals surface area contributed by atoms with Crippen molar-refractivity contribution in [1.29, 1.82) is 0 Å². The number of anilines is 4. The van der Waals surface area contributed by atoms with Crippen LogP contribution in [0, 0.1) is 21.4 Å². The minimum absolute atomic E-state index is 0.100. The number of nitro groups is 1. The van der Waals surface area contributed by atoms with Gasteiger partial charge in [-0.1, -0.05) is 38.1 Å². The standard InChI is InChI=1S/C49H60N10O7S/c1-32(2)37-6-4-5-7-38(37)44-31-55(3)18-19-57(44)36-27-49(28-36)13-16-56(17-14-49)35-8-9-39(41(25-35)58-20-23-66-48-43(58)24-34-10-15-50-46(34)53-48)47(60)54-67(63,64)45-26-42(59(61)62)40(30-52-45)51-29-33-11-21-65-22-12-33/h4-10,15,24-26,30,32-33,36,44,51H,11-14,16-23,27-29,31H2,1-3H3,(H,50,53)(H,54,60)/t44-/m0/s1.